The number of hydrogen-bond donors (Lipinski definition) is 1. The quantitative estimate of drug-likeness (QED) is 0.404. The summed E-state index contributed by atoms with van der Waals surface area (Å²) in [6.07, 6.45) is 6.10. The molecule has 0 saturated heterocycles. The molecular weight excluding hydrogens is 388 g/mol. The SMILES string of the molecule is COc1ccc(-c2ccnc(C(=O)Nc3ncc(-c4cc[n+]([O-])cc4)s3)c2)cc1. The minimum Gasteiger partial charge on any atom is -0.619 e. The van der Waals surface area contributed by atoms with E-state index < -0.39 is 0 Å². The first-order valence-corrected chi connectivity index (χ1v) is 9.51. The molecule has 29 heavy (non-hydrogen) atoms. The van der Waals surface area contributed by atoms with Gasteiger partial charge in [-0.05, 0) is 35.4 Å². The van der Waals surface area contributed by atoms with Crippen LogP contribution >= 0.6 is 11.3 Å². The predicted molar refractivity (Wildman–Crippen MR) is 111 cm³/mol. The molecule has 0 bridgehead atoms. The second-order valence-electron chi connectivity index (χ2n) is 6.09. The van der Waals surface area contributed by atoms with Crippen LogP contribution in [0.15, 0.2) is 73.3 Å². The molecule has 3 heterocycles. The number of carbonyl (C=O) groups is 1. The first-order valence-electron chi connectivity index (χ1n) is 8.69. The highest BCUT2D eigenvalue weighted by Gasteiger charge is 2.13. The molecular formula is C21H16N4O3S. The van der Waals surface area contributed by atoms with Crippen molar-refractivity contribution < 1.29 is 14.3 Å². The van der Waals surface area contributed by atoms with E-state index in [0.29, 0.717) is 15.6 Å². The van der Waals surface area contributed by atoms with Crippen LogP contribution in [0.25, 0.3) is 21.6 Å². The summed E-state index contributed by atoms with van der Waals surface area (Å²) in [6, 6.07) is 14.6. The minimum atomic E-state index is -0.341. The van der Waals surface area contributed by atoms with Crippen LogP contribution in [0, 0.1) is 5.21 Å². The molecule has 0 fully saturated rings. The predicted octanol–water partition coefficient (Wildman–Crippen LogP) is 3.77. The standard InChI is InChI=1S/C21H16N4O3S/c1-28-17-4-2-14(3-5-17)16-6-9-22-18(12-16)20(26)24-21-23-13-19(29-21)15-7-10-25(27)11-8-15/h2-13H,1H3,(H,23,24,26). The average Bonchev–Trinajstić information content (AvgIpc) is 3.23. The van der Waals surface area contributed by atoms with Crippen molar-refractivity contribution in [2.24, 2.45) is 0 Å². The number of aromatic nitrogens is 3. The number of hydrogen-bond acceptors (Lipinski definition) is 6. The van der Waals surface area contributed by atoms with Crippen molar-refractivity contribution in [3.05, 3.63) is 84.2 Å². The molecule has 144 valence electrons. The summed E-state index contributed by atoms with van der Waals surface area (Å²) >= 11 is 1.32. The third-order valence-electron chi connectivity index (χ3n) is 4.23. The highest BCUT2D eigenvalue weighted by molar-refractivity contribution is 7.19. The van der Waals surface area contributed by atoms with Gasteiger partial charge in [0, 0.05) is 30.1 Å². The van der Waals surface area contributed by atoms with Crippen LogP contribution in [0.2, 0.25) is 0 Å². The maximum atomic E-state index is 12.6. The van der Waals surface area contributed by atoms with Crippen molar-refractivity contribution in [1.82, 2.24) is 9.97 Å². The molecule has 0 spiro atoms. The Morgan fingerprint density at radius 2 is 1.79 bits per heavy atom. The summed E-state index contributed by atoms with van der Waals surface area (Å²) in [7, 11) is 1.62. The van der Waals surface area contributed by atoms with Crippen molar-refractivity contribution in [3.8, 4) is 27.3 Å². The average molecular weight is 404 g/mol. The molecule has 1 amide bonds. The molecule has 0 aliphatic carbocycles. The number of nitrogens with zero attached hydrogens (tertiary/aromatic N) is 3. The van der Waals surface area contributed by atoms with Crippen LogP contribution < -0.4 is 14.8 Å². The number of benzene rings is 1. The second-order valence-corrected chi connectivity index (χ2v) is 7.12. The fourth-order valence-corrected chi connectivity index (χ4v) is 3.54. The lowest BCUT2D eigenvalue weighted by Crippen LogP contribution is -2.23. The first kappa shape index (κ1) is 18.6. The first-order chi connectivity index (χ1) is 14.1. The summed E-state index contributed by atoms with van der Waals surface area (Å²) in [5, 5.41) is 14.4. The van der Waals surface area contributed by atoms with Crippen LogP contribution in [0.5, 0.6) is 5.75 Å². The molecule has 4 aromatic rings. The van der Waals surface area contributed by atoms with Crippen molar-refractivity contribution in [3.63, 3.8) is 0 Å². The maximum absolute atomic E-state index is 12.6. The minimum absolute atomic E-state index is 0.294. The van der Waals surface area contributed by atoms with Gasteiger partial charge in [-0.15, -0.1) is 0 Å². The Bertz CT molecular complexity index is 1140. The summed E-state index contributed by atoms with van der Waals surface area (Å²) in [5.41, 5.74) is 2.98. The number of ether oxygens (including phenoxy) is 1. The Morgan fingerprint density at radius 1 is 1.03 bits per heavy atom. The maximum Gasteiger partial charge on any atom is 0.276 e. The van der Waals surface area contributed by atoms with Gasteiger partial charge in [-0.25, -0.2) is 4.98 Å². The lowest BCUT2D eigenvalue weighted by molar-refractivity contribution is -0.605. The van der Waals surface area contributed by atoms with Gasteiger partial charge in [0.15, 0.2) is 17.5 Å². The van der Waals surface area contributed by atoms with Gasteiger partial charge >= 0.3 is 0 Å². The lowest BCUT2D eigenvalue weighted by Gasteiger charge is -2.06. The van der Waals surface area contributed by atoms with Crippen molar-refractivity contribution in [1.29, 1.82) is 0 Å². The van der Waals surface area contributed by atoms with Crippen LogP contribution in [0.4, 0.5) is 5.13 Å². The van der Waals surface area contributed by atoms with Crippen LogP contribution in [0.3, 0.4) is 0 Å². The zero-order chi connectivity index (χ0) is 20.2. The number of amides is 1. The van der Waals surface area contributed by atoms with E-state index in [2.05, 4.69) is 15.3 Å². The van der Waals surface area contributed by atoms with E-state index in [0.717, 1.165) is 27.3 Å². The van der Waals surface area contributed by atoms with Gasteiger partial charge in [-0.1, -0.05) is 23.5 Å². The molecule has 3 aromatic heterocycles. The zero-order valence-corrected chi connectivity index (χ0v) is 16.2. The number of anilines is 1. The highest BCUT2D eigenvalue weighted by atomic mass is 32.1. The van der Waals surface area contributed by atoms with Crippen LogP contribution in [0.1, 0.15) is 10.5 Å². The summed E-state index contributed by atoms with van der Waals surface area (Å²) < 4.78 is 5.89. The molecule has 0 saturated carbocycles. The van der Waals surface area contributed by atoms with Gasteiger partial charge < -0.3 is 9.94 Å². The monoisotopic (exact) mass is 404 g/mol. The highest BCUT2D eigenvalue weighted by Crippen LogP contribution is 2.28. The molecule has 0 radical (unpaired) electrons. The normalized spacial score (nSPS) is 10.5. The number of carbonyl (C=O) groups excluding carboxylic acids is 1. The molecule has 1 aromatic carbocycles. The Morgan fingerprint density at radius 3 is 2.52 bits per heavy atom. The fraction of sp³-hybridized carbons (Fsp3) is 0.0476. The topological polar surface area (TPSA) is 91.0 Å². The van der Waals surface area contributed by atoms with Crippen molar-refractivity contribution >= 4 is 22.4 Å². The van der Waals surface area contributed by atoms with Gasteiger partial charge in [-0.2, -0.15) is 4.73 Å². The molecule has 4 rings (SSSR count). The third-order valence-corrected chi connectivity index (χ3v) is 5.19. The summed E-state index contributed by atoms with van der Waals surface area (Å²) in [6.45, 7) is 0. The Hall–Kier alpha value is -3.78. The van der Waals surface area contributed by atoms with E-state index in [4.69, 9.17) is 4.74 Å². The molecule has 0 unspecified atom stereocenters. The van der Waals surface area contributed by atoms with Crippen molar-refractivity contribution in [2.75, 3.05) is 12.4 Å². The van der Waals surface area contributed by atoms with Gasteiger partial charge in [0.1, 0.15) is 11.4 Å². The Kier molecular flexibility index (Phi) is 5.17. The summed E-state index contributed by atoms with van der Waals surface area (Å²) in [5.74, 6) is 0.426. The number of thiazole rings is 1. The number of methoxy groups -OCH3 is 1. The van der Waals surface area contributed by atoms with Crippen LogP contribution in [-0.4, -0.2) is 23.0 Å². The van der Waals surface area contributed by atoms with Gasteiger partial charge in [0.2, 0.25) is 0 Å². The van der Waals surface area contributed by atoms with E-state index in [1.807, 2.05) is 30.3 Å². The number of rotatable bonds is 5. The number of nitrogens with one attached hydrogen (secondary N) is 1. The van der Waals surface area contributed by atoms with Crippen LogP contribution in [-0.2, 0) is 0 Å². The smallest absolute Gasteiger partial charge is 0.276 e. The molecule has 1 N–H and O–H groups in total. The number of pyridine rings is 2. The largest absolute Gasteiger partial charge is 0.619 e. The van der Waals surface area contributed by atoms with E-state index in [9.17, 15) is 10.0 Å². The van der Waals surface area contributed by atoms with Gasteiger partial charge in [0.25, 0.3) is 5.91 Å². The molecule has 7 nitrogen and oxygen atoms in total. The van der Waals surface area contributed by atoms with E-state index in [1.165, 1.54) is 23.7 Å². The molecule has 0 atom stereocenters. The zero-order valence-electron chi connectivity index (χ0n) is 15.4. The molecule has 0 aliphatic heterocycles. The Balaban J connectivity index is 1.51. The molecule has 8 heteroatoms. The van der Waals surface area contributed by atoms with Crippen molar-refractivity contribution in [2.45, 2.75) is 0 Å². The molecule has 0 aliphatic rings. The fourth-order valence-electron chi connectivity index (χ4n) is 2.72. The Labute approximate surface area is 170 Å². The van der Waals surface area contributed by atoms with E-state index in [1.54, 1.807) is 37.7 Å². The van der Waals surface area contributed by atoms with E-state index in [-0.39, 0.29) is 5.91 Å². The third kappa shape index (κ3) is 4.22. The summed E-state index contributed by atoms with van der Waals surface area (Å²) in [4.78, 5) is 21.9. The van der Waals surface area contributed by atoms with Gasteiger partial charge in [-0.3, -0.25) is 15.1 Å². The second kappa shape index (κ2) is 8.07. The lowest BCUT2D eigenvalue weighted by atomic mass is 10.1. The van der Waals surface area contributed by atoms with E-state index >= 15 is 0 Å². The van der Waals surface area contributed by atoms with Gasteiger partial charge in [0.05, 0.1) is 12.0 Å².